The lowest BCUT2D eigenvalue weighted by molar-refractivity contribution is 0.0384. The maximum atomic E-state index is 8.69. The Morgan fingerprint density at radius 2 is 1.88 bits per heavy atom. The quantitative estimate of drug-likeness (QED) is 0.767. The van der Waals surface area contributed by atoms with Gasteiger partial charge in [0, 0.05) is 19.6 Å². The Balaban J connectivity index is 1.82. The summed E-state index contributed by atoms with van der Waals surface area (Å²) >= 11 is 0. The van der Waals surface area contributed by atoms with Gasteiger partial charge in [-0.25, -0.2) is 0 Å². The molecule has 0 aliphatic carbocycles. The summed E-state index contributed by atoms with van der Waals surface area (Å²) in [7, 11) is 0. The highest BCUT2D eigenvalue weighted by Gasteiger charge is 2.09. The molecular weight excluding hydrogens is 200 g/mol. The van der Waals surface area contributed by atoms with Crippen molar-refractivity contribution in [3.05, 3.63) is 35.4 Å². The minimum Gasteiger partial charge on any atom is -0.379 e. The van der Waals surface area contributed by atoms with Crippen LogP contribution < -0.4 is 0 Å². The van der Waals surface area contributed by atoms with E-state index in [1.165, 1.54) is 5.56 Å². The van der Waals surface area contributed by atoms with Gasteiger partial charge >= 0.3 is 0 Å². The first-order valence-corrected chi connectivity index (χ1v) is 5.67. The molecule has 1 fully saturated rings. The van der Waals surface area contributed by atoms with Gasteiger partial charge in [0.1, 0.15) is 0 Å². The number of rotatable bonds is 3. The van der Waals surface area contributed by atoms with Crippen molar-refractivity contribution in [2.45, 2.75) is 6.42 Å². The minimum atomic E-state index is 0.732. The minimum absolute atomic E-state index is 0.732. The van der Waals surface area contributed by atoms with Gasteiger partial charge in [-0.15, -0.1) is 0 Å². The van der Waals surface area contributed by atoms with Gasteiger partial charge in [-0.2, -0.15) is 5.26 Å². The summed E-state index contributed by atoms with van der Waals surface area (Å²) in [6.45, 7) is 4.86. The Bertz CT molecular complexity index is 361. The first-order chi connectivity index (χ1) is 7.88. The summed E-state index contributed by atoms with van der Waals surface area (Å²) in [6, 6.07) is 9.98. The summed E-state index contributed by atoms with van der Waals surface area (Å²) in [5, 5.41) is 8.69. The van der Waals surface area contributed by atoms with Crippen LogP contribution in [0.3, 0.4) is 0 Å². The van der Waals surface area contributed by atoms with E-state index in [1.54, 1.807) is 0 Å². The molecule has 0 bridgehead atoms. The van der Waals surface area contributed by atoms with Gasteiger partial charge < -0.3 is 4.74 Å². The van der Waals surface area contributed by atoms with Gasteiger partial charge in [0.15, 0.2) is 0 Å². The van der Waals surface area contributed by atoms with E-state index in [1.807, 2.05) is 24.3 Å². The van der Waals surface area contributed by atoms with E-state index >= 15 is 0 Å². The molecule has 0 N–H and O–H groups in total. The van der Waals surface area contributed by atoms with E-state index in [0.717, 1.165) is 44.8 Å². The van der Waals surface area contributed by atoms with E-state index in [9.17, 15) is 0 Å². The topological polar surface area (TPSA) is 36.3 Å². The summed E-state index contributed by atoms with van der Waals surface area (Å²) < 4.78 is 5.30. The number of morpholine rings is 1. The third-order valence-electron chi connectivity index (χ3n) is 2.90. The predicted molar refractivity (Wildman–Crippen MR) is 62.1 cm³/mol. The van der Waals surface area contributed by atoms with E-state index in [4.69, 9.17) is 10.00 Å². The number of hydrogen-bond donors (Lipinski definition) is 0. The Hall–Kier alpha value is -1.37. The fourth-order valence-corrected chi connectivity index (χ4v) is 1.86. The molecule has 0 aromatic heterocycles. The standard InChI is InChI=1S/C13H16N2O/c14-11-13-3-1-12(2-4-13)5-6-15-7-9-16-10-8-15/h1-4H,5-10H2. The molecule has 1 saturated heterocycles. The van der Waals surface area contributed by atoms with Gasteiger partial charge in [-0.1, -0.05) is 12.1 Å². The number of nitriles is 1. The van der Waals surface area contributed by atoms with Crippen molar-refractivity contribution in [2.24, 2.45) is 0 Å². The Labute approximate surface area is 96.2 Å². The summed E-state index contributed by atoms with van der Waals surface area (Å²) in [6.07, 6.45) is 1.05. The molecule has 0 radical (unpaired) electrons. The fourth-order valence-electron chi connectivity index (χ4n) is 1.86. The zero-order valence-electron chi connectivity index (χ0n) is 9.35. The average molecular weight is 216 g/mol. The average Bonchev–Trinajstić information content (AvgIpc) is 2.38. The molecule has 16 heavy (non-hydrogen) atoms. The molecule has 1 heterocycles. The molecule has 2 rings (SSSR count). The molecule has 0 atom stereocenters. The summed E-state index contributed by atoms with van der Waals surface area (Å²) in [5.74, 6) is 0. The fraction of sp³-hybridized carbons (Fsp3) is 0.462. The van der Waals surface area contributed by atoms with Crippen LogP contribution in [0, 0.1) is 11.3 Å². The monoisotopic (exact) mass is 216 g/mol. The molecule has 0 spiro atoms. The van der Waals surface area contributed by atoms with Crippen LogP contribution in [0.15, 0.2) is 24.3 Å². The second-order valence-electron chi connectivity index (χ2n) is 4.01. The molecule has 3 nitrogen and oxygen atoms in total. The van der Waals surface area contributed by atoms with E-state index < -0.39 is 0 Å². The number of benzene rings is 1. The highest BCUT2D eigenvalue weighted by atomic mass is 16.5. The number of hydrogen-bond acceptors (Lipinski definition) is 3. The van der Waals surface area contributed by atoms with Crippen molar-refractivity contribution in [3.8, 4) is 6.07 Å². The van der Waals surface area contributed by atoms with E-state index in [2.05, 4.69) is 11.0 Å². The van der Waals surface area contributed by atoms with Crippen molar-refractivity contribution in [3.63, 3.8) is 0 Å². The van der Waals surface area contributed by atoms with Crippen molar-refractivity contribution >= 4 is 0 Å². The molecular formula is C13H16N2O. The molecule has 1 aliphatic rings. The first kappa shape index (κ1) is 11.1. The largest absolute Gasteiger partial charge is 0.379 e. The van der Waals surface area contributed by atoms with Crippen LogP contribution in [0.1, 0.15) is 11.1 Å². The lowest BCUT2D eigenvalue weighted by atomic mass is 10.1. The van der Waals surface area contributed by atoms with Gasteiger partial charge in [-0.05, 0) is 24.1 Å². The molecule has 3 heteroatoms. The number of ether oxygens (including phenoxy) is 1. The van der Waals surface area contributed by atoms with Gasteiger partial charge in [0.05, 0.1) is 24.8 Å². The van der Waals surface area contributed by atoms with Gasteiger partial charge in [0.25, 0.3) is 0 Å². The number of nitrogens with zero attached hydrogens (tertiary/aromatic N) is 2. The lowest BCUT2D eigenvalue weighted by Crippen LogP contribution is -2.37. The SMILES string of the molecule is N#Cc1ccc(CCN2CCOCC2)cc1. The van der Waals surface area contributed by atoms with Crippen LogP contribution in [-0.4, -0.2) is 37.7 Å². The van der Waals surface area contributed by atoms with Gasteiger partial charge in [-0.3, -0.25) is 4.90 Å². The summed E-state index contributed by atoms with van der Waals surface area (Å²) in [4.78, 5) is 2.42. The Kier molecular flexibility index (Phi) is 3.92. The second kappa shape index (κ2) is 5.64. The van der Waals surface area contributed by atoms with Gasteiger partial charge in [0.2, 0.25) is 0 Å². The lowest BCUT2D eigenvalue weighted by Gasteiger charge is -2.26. The van der Waals surface area contributed by atoms with Crippen LogP contribution in [0.4, 0.5) is 0 Å². The van der Waals surface area contributed by atoms with Crippen LogP contribution in [-0.2, 0) is 11.2 Å². The molecule has 1 aromatic rings. The molecule has 0 amide bonds. The Morgan fingerprint density at radius 1 is 1.19 bits per heavy atom. The van der Waals surface area contributed by atoms with Crippen molar-refractivity contribution in [2.75, 3.05) is 32.8 Å². The predicted octanol–water partition coefficient (Wildman–Crippen LogP) is 1.43. The Morgan fingerprint density at radius 3 is 2.50 bits per heavy atom. The molecule has 0 saturated carbocycles. The smallest absolute Gasteiger partial charge is 0.0991 e. The normalized spacial score (nSPS) is 16.9. The van der Waals surface area contributed by atoms with E-state index in [-0.39, 0.29) is 0 Å². The molecule has 0 unspecified atom stereocenters. The van der Waals surface area contributed by atoms with Crippen LogP contribution in [0.25, 0.3) is 0 Å². The van der Waals surface area contributed by atoms with Crippen molar-refractivity contribution in [1.29, 1.82) is 5.26 Å². The second-order valence-corrected chi connectivity index (χ2v) is 4.01. The maximum Gasteiger partial charge on any atom is 0.0991 e. The summed E-state index contributed by atoms with van der Waals surface area (Å²) in [5.41, 5.74) is 2.03. The first-order valence-electron chi connectivity index (χ1n) is 5.67. The van der Waals surface area contributed by atoms with Crippen molar-refractivity contribution < 1.29 is 4.74 Å². The highest BCUT2D eigenvalue weighted by Crippen LogP contribution is 2.06. The van der Waals surface area contributed by atoms with Crippen LogP contribution in [0.2, 0.25) is 0 Å². The van der Waals surface area contributed by atoms with Crippen molar-refractivity contribution in [1.82, 2.24) is 4.90 Å². The molecule has 1 aromatic carbocycles. The van der Waals surface area contributed by atoms with Crippen LogP contribution in [0.5, 0.6) is 0 Å². The molecule has 84 valence electrons. The zero-order valence-corrected chi connectivity index (χ0v) is 9.35. The van der Waals surface area contributed by atoms with E-state index in [0.29, 0.717) is 0 Å². The maximum absolute atomic E-state index is 8.69. The van der Waals surface area contributed by atoms with Crippen LogP contribution >= 0.6 is 0 Å². The zero-order chi connectivity index (χ0) is 11.2. The molecule has 1 aliphatic heterocycles. The third kappa shape index (κ3) is 3.06. The highest BCUT2D eigenvalue weighted by molar-refractivity contribution is 5.31. The third-order valence-corrected chi connectivity index (χ3v) is 2.90.